The highest BCUT2D eigenvalue weighted by Crippen LogP contribution is 2.20. The van der Waals surface area contributed by atoms with Crippen molar-refractivity contribution in [2.24, 2.45) is 0 Å². The van der Waals surface area contributed by atoms with Crippen LogP contribution in [-0.2, 0) is 0 Å². The van der Waals surface area contributed by atoms with Crippen LogP contribution in [0.1, 0.15) is 0 Å². The molecule has 0 aromatic rings. The fourth-order valence-electron chi connectivity index (χ4n) is 0.668. The third kappa shape index (κ3) is 7.64. The first kappa shape index (κ1) is 11.5. The van der Waals surface area contributed by atoms with Crippen molar-refractivity contribution in [1.29, 1.82) is 0 Å². The minimum atomic E-state index is -4.58. The molecule has 1 nitrogen and oxygen atoms in total. The molecule has 0 aliphatic carbocycles. The van der Waals surface area contributed by atoms with Crippen LogP contribution in [0.25, 0.3) is 0 Å². The summed E-state index contributed by atoms with van der Waals surface area (Å²) >= 11 is 0. The van der Waals surface area contributed by atoms with E-state index in [4.69, 9.17) is 0 Å². The zero-order valence-corrected chi connectivity index (χ0v) is 6.13. The van der Waals surface area contributed by atoms with Gasteiger partial charge in [-0.3, -0.25) is 4.90 Å². The topological polar surface area (TPSA) is 3.24 Å². The number of rotatable bonds is 2. The molecule has 0 atom stereocenters. The van der Waals surface area contributed by atoms with E-state index in [0.717, 1.165) is 7.05 Å². The summed E-state index contributed by atoms with van der Waals surface area (Å²) in [5.74, 6) is 0. The molecule has 0 spiro atoms. The standard InChI is InChI=1S/C5H7F6N/c1-12(2-4(6,7)8)3-5(9,10)11/h2-3H2,1H3. The van der Waals surface area contributed by atoms with Gasteiger partial charge in [-0.15, -0.1) is 0 Å². The van der Waals surface area contributed by atoms with Gasteiger partial charge in [0.2, 0.25) is 0 Å². The van der Waals surface area contributed by atoms with E-state index in [-0.39, 0.29) is 4.90 Å². The van der Waals surface area contributed by atoms with Gasteiger partial charge in [0.05, 0.1) is 13.1 Å². The summed E-state index contributed by atoms with van der Waals surface area (Å²) in [7, 11) is 0.765. The monoisotopic (exact) mass is 195 g/mol. The molecule has 0 aromatic heterocycles. The first-order valence-electron chi connectivity index (χ1n) is 2.92. The third-order valence-corrected chi connectivity index (χ3v) is 0.898. The Morgan fingerprint density at radius 2 is 1.08 bits per heavy atom. The van der Waals surface area contributed by atoms with Crippen molar-refractivity contribution in [1.82, 2.24) is 4.90 Å². The van der Waals surface area contributed by atoms with Crippen LogP contribution >= 0.6 is 0 Å². The highest BCUT2D eigenvalue weighted by atomic mass is 19.4. The van der Waals surface area contributed by atoms with Crippen LogP contribution in [0.2, 0.25) is 0 Å². The molecular formula is C5H7F6N. The van der Waals surface area contributed by atoms with Crippen LogP contribution in [0.4, 0.5) is 26.3 Å². The van der Waals surface area contributed by atoms with Crippen molar-refractivity contribution in [3.8, 4) is 0 Å². The van der Waals surface area contributed by atoms with Gasteiger partial charge in [0.1, 0.15) is 0 Å². The molecule has 0 N–H and O–H groups in total. The number of hydrogen-bond donors (Lipinski definition) is 0. The largest absolute Gasteiger partial charge is 0.401 e. The minimum absolute atomic E-state index is 0.167. The Kier molecular flexibility index (Phi) is 3.37. The average Bonchev–Trinajstić information content (AvgIpc) is 1.49. The molecule has 0 amide bonds. The molecule has 7 heteroatoms. The summed E-state index contributed by atoms with van der Waals surface area (Å²) in [4.78, 5) is 0.167. The maximum absolute atomic E-state index is 11.5. The van der Waals surface area contributed by atoms with Crippen molar-refractivity contribution >= 4 is 0 Å². The predicted molar refractivity (Wildman–Crippen MR) is 29.6 cm³/mol. The molecule has 0 rings (SSSR count). The van der Waals surface area contributed by atoms with Crippen LogP contribution in [-0.4, -0.2) is 37.4 Å². The van der Waals surface area contributed by atoms with E-state index in [1.54, 1.807) is 0 Å². The minimum Gasteiger partial charge on any atom is -0.290 e. The van der Waals surface area contributed by atoms with Gasteiger partial charge < -0.3 is 0 Å². The lowest BCUT2D eigenvalue weighted by molar-refractivity contribution is -0.175. The summed E-state index contributed by atoms with van der Waals surface area (Å²) in [6.45, 7) is -3.10. The summed E-state index contributed by atoms with van der Waals surface area (Å²) in [6.07, 6.45) is -9.17. The molecule has 0 radical (unpaired) electrons. The molecule has 0 heterocycles. The molecule has 0 aromatic carbocycles. The zero-order chi connectivity index (χ0) is 9.99. The fourth-order valence-corrected chi connectivity index (χ4v) is 0.668. The van der Waals surface area contributed by atoms with E-state index in [9.17, 15) is 26.3 Å². The number of alkyl halides is 6. The Hall–Kier alpha value is -0.460. The van der Waals surface area contributed by atoms with Gasteiger partial charge in [-0.05, 0) is 7.05 Å². The zero-order valence-electron chi connectivity index (χ0n) is 6.13. The Bertz CT molecular complexity index is 120. The molecule has 0 saturated heterocycles. The van der Waals surface area contributed by atoms with Gasteiger partial charge >= 0.3 is 12.4 Å². The predicted octanol–water partition coefficient (Wildman–Crippen LogP) is 2.04. The van der Waals surface area contributed by atoms with Crippen molar-refractivity contribution in [2.75, 3.05) is 20.1 Å². The maximum atomic E-state index is 11.5. The van der Waals surface area contributed by atoms with Gasteiger partial charge in [0.25, 0.3) is 0 Å². The number of nitrogens with zero attached hydrogens (tertiary/aromatic N) is 1. The molecular weight excluding hydrogens is 188 g/mol. The van der Waals surface area contributed by atoms with Crippen LogP contribution < -0.4 is 0 Å². The van der Waals surface area contributed by atoms with Crippen molar-refractivity contribution < 1.29 is 26.3 Å². The van der Waals surface area contributed by atoms with Gasteiger partial charge in [0, 0.05) is 0 Å². The van der Waals surface area contributed by atoms with E-state index in [1.807, 2.05) is 0 Å². The molecule has 0 unspecified atom stereocenters. The SMILES string of the molecule is CN(CC(F)(F)F)CC(F)(F)F. The first-order valence-corrected chi connectivity index (χ1v) is 2.92. The fraction of sp³-hybridized carbons (Fsp3) is 1.00. The summed E-state index contributed by atoms with van der Waals surface area (Å²) in [5, 5.41) is 0. The molecule has 0 fully saturated rings. The number of hydrogen-bond acceptors (Lipinski definition) is 1. The van der Waals surface area contributed by atoms with Crippen molar-refractivity contribution in [3.05, 3.63) is 0 Å². The van der Waals surface area contributed by atoms with Crippen LogP contribution in [0.3, 0.4) is 0 Å². The molecule has 12 heavy (non-hydrogen) atoms. The van der Waals surface area contributed by atoms with E-state index < -0.39 is 25.4 Å². The van der Waals surface area contributed by atoms with Gasteiger partial charge in [-0.2, -0.15) is 26.3 Å². The second-order valence-corrected chi connectivity index (χ2v) is 2.40. The first-order chi connectivity index (χ1) is 5.10. The lowest BCUT2D eigenvalue weighted by atomic mass is 10.5. The molecule has 0 aliphatic rings. The normalized spacial score (nSPS) is 14.0. The summed E-state index contributed by atoms with van der Waals surface area (Å²) in [6, 6.07) is 0. The van der Waals surface area contributed by atoms with Gasteiger partial charge in [-0.1, -0.05) is 0 Å². The molecule has 0 bridgehead atoms. The average molecular weight is 195 g/mol. The highest BCUT2D eigenvalue weighted by Gasteiger charge is 2.35. The quantitative estimate of drug-likeness (QED) is 0.609. The third-order valence-electron chi connectivity index (χ3n) is 0.898. The van der Waals surface area contributed by atoms with E-state index in [0.29, 0.717) is 0 Å². The van der Waals surface area contributed by atoms with E-state index in [2.05, 4.69) is 0 Å². The smallest absolute Gasteiger partial charge is 0.290 e. The Balaban J connectivity index is 3.83. The lowest BCUT2D eigenvalue weighted by Gasteiger charge is -2.19. The second-order valence-electron chi connectivity index (χ2n) is 2.40. The Labute approximate surface area is 65.0 Å². The van der Waals surface area contributed by atoms with Gasteiger partial charge in [-0.25, -0.2) is 0 Å². The highest BCUT2D eigenvalue weighted by molar-refractivity contribution is 4.62. The second kappa shape index (κ2) is 3.51. The summed E-state index contributed by atoms with van der Waals surface area (Å²) < 4.78 is 68.8. The molecule has 0 saturated carbocycles. The maximum Gasteiger partial charge on any atom is 0.401 e. The summed E-state index contributed by atoms with van der Waals surface area (Å²) in [5.41, 5.74) is 0. The van der Waals surface area contributed by atoms with Gasteiger partial charge in [0.15, 0.2) is 0 Å². The van der Waals surface area contributed by atoms with Crippen LogP contribution in [0, 0.1) is 0 Å². The molecule has 74 valence electrons. The molecule has 0 aliphatic heterocycles. The van der Waals surface area contributed by atoms with E-state index >= 15 is 0 Å². The Morgan fingerprint density at radius 3 is 1.25 bits per heavy atom. The van der Waals surface area contributed by atoms with Crippen LogP contribution in [0.5, 0.6) is 0 Å². The van der Waals surface area contributed by atoms with Crippen molar-refractivity contribution in [3.63, 3.8) is 0 Å². The van der Waals surface area contributed by atoms with E-state index in [1.165, 1.54) is 0 Å². The lowest BCUT2D eigenvalue weighted by Crippen LogP contribution is -2.37. The Morgan fingerprint density at radius 1 is 0.833 bits per heavy atom. The van der Waals surface area contributed by atoms with Crippen LogP contribution in [0.15, 0.2) is 0 Å². The van der Waals surface area contributed by atoms with Crippen molar-refractivity contribution in [2.45, 2.75) is 12.4 Å². The number of halogens is 6.